The van der Waals surface area contributed by atoms with Gasteiger partial charge in [-0.3, -0.25) is 4.79 Å². The smallest absolute Gasteiger partial charge is 0.221 e. The zero-order valence-corrected chi connectivity index (χ0v) is 13.4. The number of anilines is 1. The molecule has 24 heavy (non-hydrogen) atoms. The molecule has 9 heteroatoms. The second-order valence-electron chi connectivity index (χ2n) is 5.42. The highest BCUT2D eigenvalue weighted by molar-refractivity contribution is 6.29. The quantitative estimate of drug-likeness (QED) is 0.751. The first kappa shape index (κ1) is 14.8. The van der Waals surface area contributed by atoms with E-state index < -0.39 is 0 Å². The molecule has 0 atom stereocenters. The molecule has 0 saturated carbocycles. The molecule has 8 nitrogen and oxygen atoms in total. The van der Waals surface area contributed by atoms with Gasteiger partial charge in [-0.15, -0.1) is 0 Å². The van der Waals surface area contributed by atoms with Crippen LogP contribution in [0.3, 0.4) is 0 Å². The number of imidazole rings is 1. The zero-order valence-electron chi connectivity index (χ0n) is 12.7. The van der Waals surface area contributed by atoms with Crippen LogP contribution in [0, 0.1) is 0 Å². The molecular weight excluding hydrogens is 330 g/mol. The number of fused-ring (bicyclic) bond motifs is 1. The van der Waals surface area contributed by atoms with Crippen molar-refractivity contribution in [3.63, 3.8) is 0 Å². The molecule has 0 bridgehead atoms. The van der Waals surface area contributed by atoms with Gasteiger partial charge in [-0.05, 0) is 12.1 Å². The number of aromatic nitrogens is 5. The number of nitrogens with zero attached hydrogens (tertiary/aromatic N) is 6. The minimum atomic E-state index is 0.0624. The standard InChI is InChI=1S/C15H14ClN7O/c16-12-1-2-13-18-8-11(23(13)21-12)10-7-14(20-9-19-10)22-5-3-15(24)17-4-6-22/h1-2,7-9H,3-6H2,(H,17,24). The summed E-state index contributed by atoms with van der Waals surface area (Å²) in [5.74, 6) is 0.834. The Kier molecular flexibility index (Phi) is 3.73. The van der Waals surface area contributed by atoms with Crippen LogP contribution in [0.4, 0.5) is 5.82 Å². The highest BCUT2D eigenvalue weighted by Crippen LogP contribution is 2.22. The van der Waals surface area contributed by atoms with Gasteiger partial charge in [0.15, 0.2) is 5.65 Å². The first-order valence-electron chi connectivity index (χ1n) is 7.55. The van der Waals surface area contributed by atoms with Crippen LogP contribution in [0.5, 0.6) is 0 Å². The van der Waals surface area contributed by atoms with E-state index in [1.165, 1.54) is 6.33 Å². The molecule has 3 aromatic heterocycles. The fourth-order valence-electron chi connectivity index (χ4n) is 2.68. The van der Waals surface area contributed by atoms with Crippen molar-refractivity contribution >= 4 is 29.0 Å². The summed E-state index contributed by atoms with van der Waals surface area (Å²) in [6.07, 6.45) is 3.67. The van der Waals surface area contributed by atoms with Crippen LogP contribution in [0.15, 0.2) is 30.7 Å². The van der Waals surface area contributed by atoms with E-state index in [-0.39, 0.29) is 5.91 Å². The number of carbonyl (C=O) groups excluding carboxylic acids is 1. The Morgan fingerprint density at radius 3 is 3.00 bits per heavy atom. The summed E-state index contributed by atoms with van der Waals surface area (Å²) in [5.41, 5.74) is 2.13. The van der Waals surface area contributed by atoms with Crippen molar-refractivity contribution in [2.75, 3.05) is 24.5 Å². The largest absolute Gasteiger partial charge is 0.354 e. The molecule has 1 fully saturated rings. The Balaban J connectivity index is 1.71. The maximum Gasteiger partial charge on any atom is 0.221 e. The van der Waals surface area contributed by atoms with E-state index in [0.717, 1.165) is 11.5 Å². The molecular formula is C15H14ClN7O. The monoisotopic (exact) mass is 343 g/mol. The van der Waals surface area contributed by atoms with Crippen LogP contribution in [0.2, 0.25) is 5.15 Å². The van der Waals surface area contributed by atoms with Crippen LogP contribution in [0.1, 0.15) is 6.42 Å². The van der Waals surface area contributed by atoms with Crippen molar-refractivity contribution in [1.82, 2.24) is 29.9 Å². The van der Waals surface area contributed by atoms with Gasteiger partial charge in [-0.25, -0.2) is 19.5 Å². The topological polar surface area (TPSA) is 88.3 Å². The third kappa shape index (κ3) is 2.76. The van der Waals surface area contributed by atoms with E-state index >= 15 is 0 Å². The minimum absolute atomic E-state index is 0.0624. The van der Waals surface area contributed by atoms with Crippen LogP contribution >= 0.6 is 11.6 Å². The Labute approximate surface area is 142 Å². The molecule has 1 amide bonds. The summed E-state index contributed by atoms with van der Waals surface area (Å²) < 4.78 is 1.65. The van der Waals surface area contributed by atoms with Crippen LogP contribution in [-0.2, 0) is 4.79 Å². The number of carbonyl (C=O) groups is 1. The van der Waals surface area contributed by atoms with E-state index in [9.17, 15) is 4.79 Å². The number of rotatable bonds is 2. The molecule has 1 aliphatic rings. The first-order valence-corrected chi connectivity index (χ1v) is 7.93. The summed E-state index contributed by atoms with van der Waals surface area (Å²) >= 11 is 5.98. The molecule has 0 unspecified atom stereocenters. The minimum Gasteiger partial charge on any atom is -0.354 e. The third-order valence-corrected chi connectivity index (χ3v) is 4.08. The lowest BCUT2D eigenvalue weighted by atomic mass is 10.3. The van der Waals surface area contributed by atoms with Gasteiger partial charge in [0, 0.05) is 32.1 Å². The van der Waals surface area contributed by atoms with Crippen LogP contribution in [-0.4, -0.2) is 50.1 Å². The van der Waals surface area contributed by atoms with E-state index in [1.807, 2.05) is 6.07 Å². The molecule has 1 aliphatic heterocycles. The fourth-order valence-corrected chi connectivity index (χ4v) is 2.82. The molecule has 0 spiro atoms. The highest BCUT2D eigenvalue weighted by atomic mass is 35.5. The second kappa shape index (κ2) is 6.04. The molecule has 4 rings (SSSR count). The molecule has 3 aromatic rings. The lowest BCUT2D eigenvalue weighted by Gasteiger charge is -2.20. The molecule has 0 radical (unpaired) electrons. The Bertz CT molecular complexity index is 910. The number of hydrogen-bond donors (Lipinski definition) is 1. The lowest BCUT2D eigenvalue weighted by Crippen LogP contribution is -2.29. The Morgan fingerprint density at radius 1 is 1.17 bits per heavy atom. The summed E-state index contributed by atoms with van der Waals surface area (Å²) in [6.45, 7) is 1.93. The Hall–Kier alpha value is -2.74. The van der Waals surface area contributed by atoms with Gasteiger partial charge >= 0.3 is 0 Å². The van der Waals surface area contributed by atoms with Crippen molar-refractivity contribution < 1.29 is 4.79 Å². The van der Waals surface area contributed by atoms with E-state index in [4.69, 9.17) is 11.6 Å². The molecule has 1 saturated heterocycles. The van der Waals surface area contributed by atoms with Crippen molar-refractivity contribution in [2.45, 2.75) is 6.42 Å². The number of halogens is 1. The summed E-state index contributed by atoms with van der Waals surface area (Å²) in [4.78, 5) is 26.5. The number of hydrogen-bond acceptors (Lipinski definition) is 6. The molecule has 0 aromatic carbocycles. The van der Waals surface area contributed by atoms with Gasteiger partial charge in [0.1, 0.15) is 23.0 Å². The average molecular weight is 344 g/mol. The highest BCUT2D eigenvalue weighted by Gasteiger charge is 2.17. The van der Waals surface area contributed by atoms with Gasteiger partial charge in [-0.1, -0.05) is 11.6 Å². The van der Waals surface area contributed by atoms with Gasteiger partial charge in [0.05, 0.1) is 11.9 Å². The van der Waals surface area contributed by atoms with Gasteiger partial charge in [-0.2, -0.15) is 5.10 Å². The van der Waals surface area contributed by atoms with Gasteiger partial charge < -0.3 is 10.2 Å². The fraction of sp³-hybridized carbons (Fsp3) is 0.267. The van der Waals surface area contributed by atoms with E-state index in [1.54, 1.807) is 22.8 Å². The van der Waals surface area contributed by atoms with Crippen LogP contribution < -0.4 is 10.2 Å². The second-order valence-corrected chi connectivity index (χ2v) is 5.81. The summed E-state index contributed by atoms with van der Waals surface area (Å²) in [7, 11) is 0. The van der Waals surface area contributed by atoms with Crippen molar-refractivity contribution in [1.29, 1.82) is 0 Å². The SMILES string of the molecule is O=C1CCN(c2cc(-c3cnc4ccc(Cl)nn34)ncn2)CCN1. The normalized spacial score (nSPS) is 15.4. The third-order valence-electron chi connectivity index (χ3n) is 3.88. The van der Waals surface area contributed by atoms with E-state index in [2.05, 4.69) is 30.3 Å². The molecule has 1 N–H and O–H groups in total. The summed E-state index contributed by atoms with van der Waals surface area (Å²) in [6, 6.07) is 5.37. The van der Waals surface area contributed by atoms with Gasteiger partial charge in [0.25, 0.3) is 0 Å². The van der Waals surface area contributed by atoms with Crippen molar-refractivity contribution in [3.8, 4) is 11.4 Å². The zero-order chi connectivity index (χ0) is 16.5. The maximum absolute atomic E-state index is 11.5. The molecule has 0 aliphatic carbocycles. The predicted octanol–water partition coefficient (Wildman–Crippen LogP) is 1.17. The van der Waals surface area contributed by atoms with E-state index in [0.29, 0.717) is 42.5 Å². The molecule has 4 heterocycles. The number of amides is 1. The van der Waals surface area contributed by atoms with Crippen molar-refractivity contribution in [3.05, 3.63) is 35.9 Å². The van der Waals surface area contributed by atoms with Gasteiger partial charge in [0.2, 0.25) is 5.91 Å². The first-order chi connectivity index (χ1) is 11.7. The average Bonchev–Trinajstić information content (AvgIpc) is 2.88. The van der Waals surface area contributed by atoms with Crippen molar-refractivity contribution in [2.24, 2.45) is 0 Å². The Morgan fingerprint density at radius 2 is 2.08 bits per heavy atom. The lowest BCUT2D eigenvalue weighted by molar-refractivity contribution is -0.120. The number of nitrogens with one attached hydrogen (secondary N) is 1. The summed E-state index contributed by atoms with van der Waals surface area (Å²) in [5, 5.41) is 7.51. The molecule has 122 valence electrons. The predicted molar refractivity (Wildman–Crippen MR) is 88.9 cm³/mol. The maximum atomic E-state index is 11.5. The van der Waals surface area contributed by atoms with Crippen LogP contribution in [0.25, 0.3) is 17.0 Å².